The van der Waals surface area contributed by atoms with Crippen molar-refractivity contribution in [3.8, 4) is 11.4 Å². The van der Waals surface area contributed by atoms with Crippen LogP contribution < -0.4 is 21.7 Å². The van der Waals surface area contributed by atoms with Gasteiger partial charge in [0.1, 0.15) is 11.7 Å². The molecule has 5 N–H and O–H groups in total. The number of halogens is 3. The molecule has 7 nitrogen and oxygen atoms in total. The number of hydrogen-bond acceptors (Lipinski definition) is 6. The zero-order chi connectivity index (χ0) is 22.7. The van der Waals surface area contributed by atoms with Gasteiger partial charge in [-0.15, -0.1) is 0 Å². The Bertz CT molecular complexity index is 1140. The second-order valence-electron chi connectivity index (χ2n) is 7.27. The highest BCUT2D eigenvalue weighted by Gasteiger charge is 2.34. The van der Waals surface area contributed by atoms with Crippen molar-refractivity contribution in [2.45, 2.75) is 6.18 Å². The molecule has 2 aromatic carbocycles. The van der Waals surface area contributed by atoms with E-state index >= 15 is 0 Å². The summed E-state index contributed by atoms with van der Waals surface area (Å²) in [5.74, 6) is 0.687. The Kier molecular flexibility index (Phi) is 5.95. The van der Waals surface area contributed by atoms with E-state index in [0.717, 1.165) is 19.2 Å². The number of anilines is 2. The molecule has 1 aliphatic rings. The molecule has 1 aromatic heterocycles. The number of nitrogens with two attached hydrogens (primary N) is 2. The van der Waals surface area contributed by atoms with Gasteiger partial charge in [0.15, 0.2) is 11.6 Å². The number of nitrogen functional groups attached to an aromatic ring is 1. The number of piperazine rings is 1. The van der Waals surface area contributed by atoms with Crippen molar-refractivity contribution < 1.29 is 13.2 Å². The lowest BCUT2D eigenvalue weighted by Crippen LogP contribution is -2.43. The molecule has 10 heteroatoms. The molecular formula is C22H22F3N7. The average Bonchev–Trinajstić information content (AvgIpc) is 2.79. The molecule has 166 valence electrons. The van der Waals surface area contributed by atoms with Crippen molar-refractivity contribution in [2.24, 2.45) is 10.7 Å². The number of benzene rings is 2. The maximum atomic E-state index is 13.6. The molecule has 0 saturated carbocycles. The van der Waals surface area contributed by atoms with Crippen molar-refractivity contribution >= 4 is 23.2 Å². The fourth-order valence-electron chi connectivity index (χ4n) is 3.49. The summed E-state index contributed by atoms with van der Waals surface area (Å²) >= 11 is 0. The van der Waals surface area contributed by atoms with Crippen LogP contribution in [0.1, 0.15) is 11.1 Å². The third kappa shape index (κ3) is 4.65. The summed E-state index contributed by atoms with van der Waals surface area (Å²) in [6, 6.07) is 13.8. The molecule has 1 aliphatic heterocycles. The van der Waals surface area contributed by atoms with Gasteiger partial charge in [-0.2, -0.15) is 13.2 Å². The van der Waals surface area contributed by atoms with Crippen molar-refractivity contribution in [3.63, 3.8) is 0 Å². The number of nitrogens with one attached hydrogen (secondary N) is 1. The van der Waals surface area contributed by atoms with E-state index in [1.165, 1.54) is 18.2 Å². The number of hydrogen-bond donors (Lipinski definition) is 3. The van der Waals surface area contributed by atoms with Crippen LogP contribution in [-0.4, -0.2) is 42.0 Å². The summed E-state index contributed by atoms with van der Waals surface area (Å²) in [5, 5.41) is 3.24. The lowest BCUT2D eigenvalue weighted by Gasteiger charge is -2.28. The summed E-state index contributed by atoms with van der Waals surface area (Å²) in [7, 11) is 0. The van der Waals surface area contributed by atoms with E-state index in [9.17, 15) is 13.2 Å². The minimum absolute atomic E-state index is 0.0680. The highest BCUT2D eigenvalue weighted by molar-refractivity contribution is 6.03. The molecule has 0 radical (unpaired) electrons. The normalized spacial score (nSPS) is 15.1. The fraction of sp³-hybridized carbons (Fsp3) is 0.227. The molecule has 32 heavy (non-hydrogen) atoms. The number of alkyl halides is 3. The summed E-state index contributed by atoms with van der Waals surface area (Å²) in [5.41, 5.74) is 12.2. The van der Waals surface area contributed by atoms with Gasteiger partial charge in [-0.1, -0.05) is 30.3 Å². The van der Waals surface area contributed by atoms with Crippen molar-refractivity contribution in [3.05, 3.63) is 65.7 Å². The van der Waals surface area contributed by atoms with E-state index in [2.05, 4.69) is 20.3 Å². The maximum Gasteiger partial charge on any atom is 0.417 e. The molecule has 0 atom stereocenters. The van der Waals surface area contributed by atoms with Crippen LogP contribution in [-0.2, 0) is 6.18 Å². The van der Waals surface area contributed by atoms with Crippen LogP contribution in [0.2, 0.25) is 0 Å². The largest absolute Gasteiger partial charge is 0.417 e. The molecule has 0 bridgehead atoms. The van der Waals surface area contributed by atoms with E-state index in [1.54, 1.807) is 30.3 Å². The number of para-hydroxylation sites is 1. The van der Waals surface area contributed by atoms with Crippen molar-refractivity contribution in [2.75, 3.05) is 36.8 Å². The monoisotopic (exact) mass is 441 g/mol. The highest BCUT2D eigenvalue weighted by atomic mass is 19.4. The molecule has 0 spiro atoms. The standard InChI is InChI=1S/C22H22F3N7/c23-22(24,25)16-7-3-1-5-14(16)21-30-18(13-19(31-21)32-11-9-28-10-12-32)29-20(27)15-6-2-4-8-17(15)26/h1-8,13,28H,9-12,26H2,(H2,27,29,30,31). The zero-order valence-corrected chi connectivity index (χ0v) is 17.1. The van der Waals surface area contributed by atoms with Crippen LogP contribution in [0.5, 0.6) is 0 Å². The number of amidine groups is 1. The molecular weight excluding hydrogens is 419 g/mol. The van der Waals surface area contributed by atoms with Crippen LogP contribution >= 0.6 is 0 Å². The fourth-order valence-corrected chi connectivity index (χ4v) is 3.49. The molecule has 4 rings (SSSR count). The molecule has 1 saturated heterocycles. The quantitative estimate of drug-likeness (QED) is 0.326. The van der Waals surface area contributed by atoms with E-state index < -0.39 is 11.7 Å². The predicted octanol–water partition coefficient (Wildman–Crippen LogP) is 3.19. The first kappa shape index (κ1) is 21.6. The Morgan fingerprint density at radius 1 is 1.00 bits per heavy atom. The van der Waals surface area contributed by atoms with E-state index in [1.807, 2.05) is 4.90 Å². The molecule has 0 unspecified atom stereocenters. The summed E-state index contributed by atoms with van der Waals surface area (Å²) < 4.78 is 40.9. The Morgan fingerprint density at radius 3 is 2.41 bits per heavy atom. The molecule has 3 aromatic rings. The number of aliphatic imine (C=N–C) groups is 1. The molecule has 0 amide bonds. The lowest BCUT2D eigenvalue weighted by atomic mass is 10.1. The smallest absolute Gasteiger partial charge is 0.398 e. The third-order valence-corrected chi connectivity index (χ3v) is 5.09. The van der Waals surface area contributed by atoms with Gasteiger partial charge in [-0.05, 0) is 18.2 Å². The van der Waals surface area contributed by atoms with Crippen LogP contribution in [0.4, 0.5) is 30.5 Å². The first-order chi connectivity index (χ1) is 15.3. The third-order valence-electron chi connectivity index (χ3n) is 5.09. The molecule has 0 aliphatic carbocycles. The maximum absolute atomic E-state index is 13.6. The first-order valence-electron chi connectivity index (χ1n) is 10.0. The van der Waals surface area contributed by atoms with Crippen molar-refractivity contribution in [1.82, 2.24) is 15.3 Å². The summed E-state index contributed by atoms with van der Waals surface area (Å²) in [6.45, 7) is 2.78. The Hall–Kier alpha value is -3.66. The Labute approximate surface area is 183 Å². The van der Waals surface area contributed by atoms with Crippen LogP contribution in [0.3, 0.4) is 0 Å². The average molecular weight is 441 g/mol. The summed E-state index contributed by atoms with van der Waals surface area (Å²) in [4.78, 5) is 15.1. The zero-order valence-electron chi connectivity index (χ0n) is 17.1. The van der Waals surface area contributed by atoms with Gasteiger partial charge in [-0.25, -0.2) is 15.0 Å². The molecule has 1 fully saturated rings. The topological polar surface area (TPSA) is 105 Å². The Morgan fingerprint density at radius 2 is 1.69 bits per heavy atom. The molecule has 2 heterocycles. The first-order valence-corrected chi connectivity index (χ1v) is 10.0. The van der Waals surface area contributed by atoms with Crippen LogP contribution in [0, 0.1) is 0 Å². The van der Waals surface area contributed by atoms with Gasteiger partial charge in [0.05, 0.1) is 5.56 Å². The van der Waals surface area contributed by atoms with Gasteiger partial charge in [0.2, 0.25) is 0 Å². The van der Waals surface area contributed by atoms with Gasteiger partial charge >= 0.3 is 6.18 Å². The SMILES string of the molecule is N/C(=N\c1cc(N2CCNCC2)nc(-c2ccccc2C(F)(F)F)n1)c1ccccc1N. The highest BCUT2D eigenvalue weighted by Crippen LogP contribution is 2.37. The second-order valence-corrected chi connectivity index (χ2v) is 7.27. The van der Waals surface area contributed by atoms with Crippen molar-refractivity contribution in [1.29, 1.82) is 0 Å². The van der Waals surface area contributed by atoms with Gasteiger partial charge < -0.3 is 21.7 Å². The van der Waals surface area contributed by atoms with E-state index in [-0.39, 0.29) is 23.0 Å². The van der Waals surface area contributed by atoms with Crippen LogP contribution in [0.25, 0.3) is 11.4 Å². The van der Waals surface area contributed by atoms with Gasteiger partial charge in [0, 0.05) is 49.1 Å². The Balaban J connectivity index is 1.85. The minimum Gasteiger partial charge on any atom is -0.398 e. The lowest BCUT2D eigenvalue weighted by molar-refractivity contribution is -0.137. The van der Waals surface area contributed by atoms with Crippen LogP contribution in [0.15, 0.2) is 59.6 Å². The number of nitrogens with zero attached hydrogens (tertiary/aromatic N) is 4. The van der Waals surface area contributed by atoms with Gasteiger partial charge in [0.25, 0.3) is 0 Å². The number of rotatable bonds is 4. The summed E-state index contributed by atoms with van der Waals surface area (Å²) in [6.07, 6.45) is -4.55. The number of aromatic nitrogens is 2. The predicted molar refractivity (Wildman–Crippen MR) is 119 cm³/mol. The van der Waals surface area contributed by atoms with E-state index in [4.69, 9.17) is 11.5 Å². The van der Waals surface area contributed by atoms with E-state index in [0.29, 0.717) is 30.2 Å². The second kappa shape index (κ2) is 8.83. The van der Waals surface area contributed by atoms with Gasteiger partial charge in [-0.3, -0.25) is 0 Å². The minimum atomic E-state index is -4.55.